The number of hydrogen-bond donors (Lipinski definition) is 0. The minimum absolute atomic E-state index is 0.763. The third-order valence-corrected chi connectivity index (χ3v) is 6.75. The van der Waals surface area contributed by atoms with Crippen LogP contribution in [-0.4, -0.2) is 13.2 Å². The molecular weight excluding hydrogens is 440 g/mol. The summed E-state index contributed by atoms with van der Waals surface area (Å²) >= 11 is 0. The second-order valence-corrected chi connectivity index (χ2v) is 9.29. The molecule has 2 heteroatoms. The summed E-state index contributed by atoms with van der Waals surface area (Å²) in [6, 6.07) is 34.7. The van der Waals surface area contributed by atoms with Gasteiger partial charge in [-0.3, -0.25) is 0 Å². The van der Waals surface area contributed by atoms with E-state index < -0.39 is 0 Å². The Morgan fingerprint density at radius 3 is 1.08 bits per heavy atom. The van der Waals surface area contributed by atoms with E-state index in [-0.39, 0.29) is 0 Å². The van der Waals surface area contributed by atoms with Crippen molar-refractivity contribution in [2.75, 3.05) is 13.2 Å². The number of rotatable bonds is 10. The van der Waals surface area contributed by atoms with Crippen LogP contribution in [-0.2, 0) is 0 Å². The van der Waals surface area contributed by atoms with Gasteiger partial charge in [0.1, 0.15) is 11.5 Å². The lowest BCUT2D eigenvalue weighted by Gasteiger charge is -2.18. The van der Waals surface area contributed by atoms with Crippen molar-refractivity contribution in [1.29, 1.82) is 0 Å². The van der Waals surface area contributed by atoms with Crippen LogP contribution in [0.3, 0.4) is 0 Å². The fourth-order valence-electron chi connectivity index (χ4n) is 4.85. The Balaban J connectivity index is 1.62. The van der Waals surface area contributed by atoms with Crippen LogP contribution >= 0.6 is 0 Å². The Morgan fingerprint density at radius 2 is 0.778 bits per heavy atom. The second kappa shape index (κ2) is 11.3. The SMILES string of the molecule is CCCCOc1ccc(-c2c3ccccc3c(-c3ccc(OCCCC)cc3)c3ccccc23)cc1. The van der Waals surface area contributed by atoms with Crippen LogP contribution in [0.25, 0.3) is 43.8 Å². The lowest BCUT2D eigenvalue weighted by molar-refractivity contribution is 0.309. The predicted molar refractivity (Wildman–Crippen MR) is 153 cm³/mol. The van der Waals surface area contributed by atoms with Crippen LogP contribution in [0, 0.1) is 0 Å². The Hall–Kier alpha value is -3.78. The first-order valence-corrected chi connectivity index (χ1v) is 13.2. The van der Waals surface area contributed by atoms with E-state index in [2.05, 4.69) is 111 Å². The first-order valence-electron chi connectivity index (χ1n) is 13.2. The summed E-state index contributed by atoms with van der Waals surface area (Å²) in [4.78, 5) is 0. The Labute approximate surface area is 214 Å². The van der Waals surface area contributed by atoms with Gasteiger partial charge in [-0.1, -0.05) is 99.5 Å². The molecule has 5 rings (SSSR count). The number of benzene rings is 5. The molecule has 5 aromatic rings. The molecule has 0 saturated carbocycles. The minimum Gasteiger partial charge on any atom is -0.494 e. The van der Waals surface area contributed by atoms with Gasteiger partial charge in [0.2, 0.25) is 0 Å². The maximum Gasteiger partial charge on any atom is 0.119 e. The van der Waals surface area contributed by atoms with Crippen LogP contribution < -0.4 is 9.47 Å². The molecule has 0 heterocycles. The predicted octanol–water partition coefficient (Wildman–Crippen LogP) is 9.68. The molecule has 0 spiro atoms. The summed E-state index contributed by atoms with van der Waals surface area (Å²) in [5.74, 6) is 1.86. The van der Waals surface area contributed by atoms with E-state index in [0.717, 1.165) is 50.4 Å². The lowest BCUT2D eigenvalue weighted by Crippen LogP contribution is -1.96. The largest absolute Gasteiger partial charge is 0.494 e. The van der Waals surface area contributed by atoms with E-state index in [1.54, 1.807) is 0 Å². The molecule has 0 aliphatic rings. The Bertz CT molecular complexity index is 1260. The molecule has 0 aliphatic heterocycles. The van der Waals surface area contributed by atoms with Crippen LogP contribution in [0.5, 0.6) is 11.5 Å². The maximum absolute atomic E-state index is 5.92. The van der Waals surface area contributed by atoms with Crippen LogP contribution in [0.4, 0.5) is 0 Å². The molecule has 182 valence electrons. The highest BCUT2D eigenvalue weighted by Gasteiger charge is 2.16. The third-order valence-electron chi connectivity index (χ3n) is 6.75. The van der Waals surface area contributed by atoms with Gasteiger partial charge in [0.05, 0.1) is 13.2 Å². The minimum atomic E-state index is 0.763. The summed E-state index contributed by atoms with van der Waals surface area (Å²) in [5, 5.41) is 5.03. The normalized spacial score (nSPS) is 11.2. The van der Waals surface area contributed by atoms with Crippen molar-refractivity contribution in [3.05, 3.63) is 97.1 Å². The van der Waals surface area contributed by atoms with Crippen LogP contribution in [0.15, 0.2) is 97.1 Å². The monoisotopic (exact) mass is 474 g/mol. The highest BCUT2D eigenvalue weighted by molar-refractivity contribution is 6.21. The number of hydrogen-bond acceptors (Lipinski definition) is 2. The number of ether oxygens (including phenoxy) is 2. The summed E-state index contributed by atoms with van der Waals surface area (Å²) in [6.45, 7) is 5.89. The standard InChI is InChI=1S/C34H34O2/c1-3-5-23-35-27-19-15-25(16-20-27)33-29-11-7-9-13-31(29)34(32-14-10-8-12-30(32)33)26-17-21-28(22-18-26)36-24-6-4-2/h7-22H,3-6,23-24H2,1-2H3. The van der Waals surface area contributed by atoms with Gasteiger partial charge in [0.15, 0.2) is 0 Å². The molecule has 0 atom stereocenters. The molecule has 0 radical (unpaired) electrons. The summed E-state index contributed by atoms with van der Waals surface area (Å²) in [7, 11) is 0. The maximum atomic E-state index is 5.92. The van der Waals surface area contributed by atoms with Crippen molar-refractivity contribution in [3.8, 4) is 33.8 Å². The molecule has 0 aromatic heterocycles. The van der Waals surface area contributed by atoms with E-state index in [4.69, 9.17) is 9.47 Å². The van der Waals surface area contributed by atoms with Crippen molar-refractivity contribution in [1.82, 2.24) is 0 Å². The van der Waals surface area contributed by atoms with E-state index in [1.165, 1.54) is 43.8 Å². The first kappa shape index (κ1) is 23.9. The Morgan fingerprint density at radius 1 is 0.444 bits per heavy atom. The molecule has 2 nitrogen and oxygen atoms in total. The van der Waals surface area contributed by atoms with Gasteiger partial charge in [-0.2, -0.15) is 0 Å². The van der Waals surface area contributed by atoms with Gasteiger partial charge in [-0.15, -0.1) is 0 Å². The van der Waals surface area contributed by atoms with Gasteiger partial charge >= 0.3 is 0 Å². The van der Waals surface area contributed by atoms with Gasteiger partial charge in [0, 0.05) is 0 Å². The molecule has 36 heavy (non-hydrogen) atoms. The molecule has 0 amide bonds. The van der Waals surface area contributed by atoms with Crippen LogP contribution in [0.1, 0.15) is 39.5 Å². The fourth-order valence-corrected chi connectivity index (χ4v) is 4.85. The van der Waals surface area contributed by atoms with Gasteiger partial charge in [0.25, 0.3) is 0 Å². The van der Waals surface area contributed by atoms with Crippen LogP contribution in [0.2, 0.25) is 0 Å². The van der Waals surface area contributed by atoms with E-state index in [1.807, 2.05) is 0 Å². The molecule has 0 saturated heterocycles. The zero-order valence-corrected chi connectivity index (χ0v) is 21.3. The fraction of sp³-hybridized carbons (Fsp3) is 0.235. The van der Waals surface area contributed by atoms with Crippen molar-refractivity contribution >= 4 is 21.5 Å². The summed E-state index contributed by atoms with van der Waals surface area (Å²) in [5.41, 5.74) is 4.95. The molecule has 0 fully saturated rings. The topological polar surface area (TPSA) is 18.5 Å². The Kier molecular flexibility index (Phi) is 7.52. The molecule has 0 N–H and O–H groups in total. The van der Waals surface area contributed by atoms with Gasteiger partial charge in [-0.25, -0.2) is 0 Å². The zero-order valence-electron chi connectivity index (χ0n) is 21.3. The molecule has 5 aromatic carbocycles. The average Bonchev–Trinajstić information content (AvgIpc) is 2.93. The summed E-state index contributed by atoms with van der Waals surface area (Å²) < 4.78 is 11.8. The van der Waals surface area contributed by atoms with E-state index in [9.17, 15) is 0 Å². The van der Waals surface area contributed by atoms with Crippen molar-refractivity contribution in [2.24, 2.45) is 0 Å². The molecule has 0 unspecified atom stereocenters. The van der Waals surface area contributed by atoms with Crippen molar-refractivity contribution < 1.29 is 9.47 Å². The van der Waals surface area contributed by atoms with Gasteiger partial charge < -0.3 is 9.47 Å². The smallest absolute Gasteiger partial charge is 0.119 e. The highest BCUT2D eigenvalue weighted by atomic mass is 16.5. The third kappa shape index (κ3) is 4.95. The lowest BCUT2D eigenvalue weighted by atomic mass is 9.86. The first-order chi connectivity index (χ1) is 17.8. The quantitative estimate of drug-likeness (QED) is 0.148. The highest BCUT2D eigenvalue weighted by Crippen LogP contribution is 2.43. The molecular formula is C34H34O2. The zero-order chi connectivity index (χ0) is 24.7. The second-order valence-electron chi connectivity index (χ2n) is 9.29. The van der Waals surface area contributed by atoms with Gasteiger partial charge in [-0.05, 0) is 80.9 Å². The summed E-state index contributed by atoms with van der Waals surface area (Å²) in [6.07, 6.45) is 4.42. The van der Waals surface area contributed by atoms with Crippen molar-refractivity contribution in [3.63, 3.8) is 0 Å². The molecule has 0 bridgehead atoms. The number of fused-ring (bicyclic) bond motifs is 2. The molecule has 0 aliphatic carbocycles. The average molecular weight is 475 g/mol. The van der Waals surface area contributed by atoms with E-state index >= 15 is 0 Å². The van der Waals surface area contributed by atoms with Crippen molar-refractivity contribution in [2.45, 2.75) is 39.5 Å². The van der Waals surface area contributed by atoms with E-state index in [0.29, 0.717) is 0 Å². The number of unbranched alkanes of at least 4 members (excludes halogenated alkanes) is 2.